The number of aliphatic hydroxyl groups is 1. The Balaban J connectivity index is 1.95. The minimum absolute atomic E-state index is 0.00829. The first-order valence-corrected chi connectivity index (χ1v) is 7.52. The number of rotatable bonds is 6. The van der Waals surface area contributed by atoms with E-state index >= 15 is 0 Å². The normalized spacial score (nSPS) is 11.1. The molecule has 25 heavy (non-hydrogen) atoms. The van der Waals surface area contributed by atoms with Crippen LogP contribution in [-0.4, -0.2) is 31.9 Å². The predicted molar refractivity (Wildman–Crippen MR) is 92.7 cm³/mol. The fourth-order valence-electron chi connectivity index (χ4n) is 2.20. The lowest BCUT2D eigenvalue weighted by Gasteiger charge is -2.17. The Morgan fingerprint density at radius 2 is 1.92 bits per heavy atom. The van der Waals surface area contributed by atoms with Crippen molar-refractivity contribution in [3.63, 3.8) is 0 Å². The fraction of sp³-hybridized carbons (Fsp3) is 0.222. The minimum atomic E-state index is -0.961. The molecule has 2 aromatic rings. The SMILES string of the molecule is COc1ccc(OC)c(C(O)CNC(=O)Nc2ccc(C#N)cc2)c1. The molecule has 7 heteroatoms. The maximum absolute atomic E-state index is 11.9. The standard InChI is InChI=1S/C18H19N3O4/c1-24-14-7-8-17(25-2)15(9-14)16(22)11-20-18(23)21-13-5-3-12(10-19)4-6-13/h3-9,16,22H,11H2,1-2H3,(H2,20,21,23). The second-order valence-electron chi connectivity index (χ2n) is 5.15. The van der Waals surface area contributed by atoms with Crippen LogP contribution in [0.3, 0.4) is 0 Å². The predicted octanol–water partition coefficient (Wildman–Crippen LogP) is 2.43. The summed E-state index contributed by atoms with van der Waals surface area (Å²) < 4.78 is 10.4. The maximum atomic E-state index is 11.9. The molecule has 0 aliphatic heterocycles. The Bertz CT molecular complexity index is 769. The highest BCUT2D eigenvalue weighted by atomic mass is 16.5. The largest absolute Gasteiger partial charge is 0.497 e. The second-order valence-corrected chi connectivity index (χ2v) is 5.15. The van der Waals surface area contributed by atoms with Crippen LogP contribution in [-0.2, 0) is 0 Å². The fourth-order valence-corrected chi connectivity index (χ4v) is 2.20. The minimum Gasteiger partial charge on any atom is -0.497 e. The van der Waals surface area contributed by atoms with Gasteiger partial charge in [0.15, 0.2) is 0 Å². The van der Waals surface area contributed by atoms with Gasteiger partial charge in [0.05, 0.1) is 25.9 Å². The molecule has 0 spiro atoms. The summed E-state index contributed by atoms with van der Waals surface area (Å²) in [5, 5.41) is 24.3. The van der Waals surface area contributed by atoms with Gasteiger partial charge in [0.2, 0.25) is 0 Å². The van der Waals surface area contributed by atoms with Gasteiger partial charge >= 0.3 is 6.03 Å². The lowest BCUT2D eigenvalue weighted by molar-refractivity contribution is 0.170. The molecule has 0 aliphatic carbocycles. The highest BCUT2D eigenvalue weighted by molar-refractivity contribution is 5.89. The van der Waals surface area contributed by atoms with Gasteiger partial charge in [-0.1, -0.05) is 0 Å². The van der Waals surface area contributed by atoms with E-state index in [9.17, 15) is 9.90 Å². The van der Waals surface area contributed by atoms with E-state index in [2.05, 4.69) is 10.6 Å². The van der Waals surface area contributed by atoms with Crippen LogP contribution >= 0.6 is 0 Å². The van der Waals surface area contributed by atoms with Crippen LogP contribution in [0.5, 0.6) is 11.5 Å². The van der Waals surface area contributed by atoms with E-state index in [1.807, 2.05) is 6.07 Å². The number of methoxy groups -OCH3 is 2. The van der Waals surface area contributed by atoms with Crippen molar-refractivity contribution < 1.29 is 19.4 Å². The second kappa shape index (κ2) is 8.57. The number of hydrogen-bond acceptors (Lipinski definition) is 5. The van der Waals surface area contributed by atoms with Crippen LogP contribution in [0.4, 0.5) is 10.5 Å². The van der Waals surface area contributed by atoms with Gasteiger partial charge in [0, 0.05) is 17.8 Å². The summed E-state index contributed by atoms with van der Waals surface area (Å²) in [6.45, 7) is -0.00829. The van der Waals surface area contributed by atoms with Crippen molar-refractivity contribution in [3.05, 3.63) is 53.6 Å². The highest BCUT2D eigenvalue weighted by Gasteiger charge is 2.15. The van der Waals surface area contributed by atoms with Crippen molar-refractivity contribution in [3.8, 4) is 17.6 Å². The first-order valence-electron chi connectivity index (χ1n) is 7.52. The summed E-state index contributed by atoms with van der Waals surface area (Å²) in [5.74, 6) is 1.08. The number of hydrogen-bond donors (Lipinski definition) is 3. The van der Waals surface area contributed by atoms with Crippen molar-refractivity contribution in [2.24, 2.45) is 0 Å². The molecule has 0 saturated carbocycles. The molecule has 0 radical (unpaired) electrons. The number of carbonyl (C=O) groups excluding carboxylic acids is 1. The van der Waals surface area contributed by atoms with E-state index in [-0.39, 0.29) is 6.54 Å². The number of benzene rings is 2. The molecule has 2 aromatic carbocycles. The van der Waals surface area contributed by atoms with Crippen molar-refractivity contribution >= 4 is 11.7 Å². The van der Waals surface area contributed by atoms with Gasteiger partial charge in [-0.05, 0) is 42.5 Å². The van der Waals surface area contributed by atoms with Gasteiger partial charge in [-0.15, -0.1) is 0 Å². The van der Waals surface area contributed by atoms with E-state index < -0.39 is 12.1 Å². The Morgan fingerprint density at radius 3 is 2.52 bits per heavy atom. The van der Waals surface area contributed by atoms with E-state index in [1.54, 1.807) is 42.5 Å². The Hall–Kier alpha value is -3.24. The molecule has 0 aromatic heterocycles. The Morgan fingerprint density at radius 1 is 1.20 bits per heavy atom. The third-order valence-electron chi connectivity index (χ3n) is 3.52. The summed E-state index contributed by atoms with van der Waals surface area (Å²) in [6.07, 6.45) is -0.961. The number of aliphatic hydroxyl groups excluding tert-OH is 1. The zero-order valence-electron chi connectivity index (χ0n) is 13.9. The molecule has 2 rings (SSSR count). The van der Waals surface area contributed by atoms with Crippen molar-refractivity contribution in [2.45, 2.75) is 6.10 Å². The van der Waals surface area contributed by atoms with Crippen LogP contribution in [0.2, 0.25) is 0 Å². The molecule has 0 saturated heterocycles. The monoisotopic (exact) mass is 341 g/mol. The summed E-state index contributed by atoms with van der Waals surface area (Å²) in [5.41, 5.74) is 1.57. The average Bonchev–Trinajstić information content (AvgIpc) is 2.66. The van der Waals surface area contributed by atoms with Crippen LogP contribution in [0, 0.1) is 11.3 Å². The van der Waals surface area contributed by atoms with Crippen molar-refractivity contribution in [2.75, 3.05) is 26.1 Å². The smallest absolute Gasteiger partial charge is 0.319 e. The molecule has 0 heterocycles. The first-order chi connectivity index (χ1) is 12.1. The Kier molecular flexibility index (Phi) is 6.20. The number of nitriles is 1. The lowest BCUT2D eigenvalue weighted by atomic mass is 10.1. The number of anilines is 1. The van der Waals surface area contributed by atoms with Crippen LogP contribution in [0.1, 0.15) is 17.2 Å². The van der Waals surface area contributed by atoms with Gasteiger partial charge in [-0.25, -0.2) is 4.79 Å². The van der Waals surface area contributed by atoms with E-state index in [0.717, 1.165) is 0 Å². The maximum Gasteiger partial charge on any atom is 0.319 e. The average molecular weight is 341 g/mol. The van der Waals surface area contributed by atoms with Crippen LogP contribution < -0.4 is 20.1 Å². The molecular weight excluding hydrogens is 322 g/mol. The number of ether oxygens (including phenoxy) is 2. The molecule has 0 bridgehead atoms. The molecule has 0 aliphatic rings. The molecule has 3 N–H and O–H groups in total. The lowest BCUT2D eigenvalue weighted by Crippen LogP contribution is -2.32. The van der Waals surface area contributed by atoms with Crippen LogP contribution in [0.25, 0.3) is 0 Å². The van der Waals surface area contributed by atoms with E-state index in [0.29, 0.717) is 28.3 Å². The highest BCUT2D eigenvalue weighted by Crippen LogP contribution is 2.29. The van der Waals surface area contributed by atoms with Gasteiger partial charge in [0.1, 0.15) is 17.6 Å². The molecule has 130 valence electrons. The van der Waals surface area contributed by atoms with E-state index in [4.69, 9.17) is 14.7 Å². The third kappa shape index (κ3) is 4.86. The summed E-state index contributed by atoms with van der Waals surface area (Å²) in [4.78, 5) is 11.9. The van der Waals surface area contributed by atoms with Crippen molar-refractivity contribution in [1.29, 1.82) is 5.26 Å². The molecule has 7 nitrogen and oxygen atoms in total. The van der Waals surface area contributed by atoms with Crippen LogP contribution in [0.15, 0.2) is 42.5 Å². The number of urea groups is 1. The number of carbonyl (C=O) groups is 1. The van der Waals surface area contributed by atoms with Gasteiger partial charge in [-0.3, -0.25) is 0 Å². The molecular formula is C18H19N3O4. The number of nitrogens with one attached hydrogen (secondary N) is 2. The summed E-state index contributed by atoms with van der Waals surface area (Å²) >= 11 is 0. The topological polar surface area (TPSA) is 104 Å². The van der Waals surface area contributed by atoms with E-state index in [1.165, 1.54) is 14.2 Å². The molecule has 0 fully saturated rings. The van der Waals surface area contributed by atoms with Gasteiger partial charge < -0.3 is 25.2 Å². The zero-order valence-corrected chi connectivity index (χ0v) is 13.9. The first kappa shape index (κ1) is 18.1. The third-order valence-corrected chi connectivity index (χ3v) is 3.52. The molecule has 2 amide bonds. The summed E-state index contributed by atoms with van der Waals surface area (Å²) in [6, 6.07) is 13.1. The number of amides is 2. The zero-order chi connectivity index (χ0) is 18.2. The Labute approximate surface area is 145 Å². The van der Waals surface area contributed by atoms with Crippen molar-refractivity contribution in [1.82, 2.24) is 5.32 Å². The van der Waals surface area contributed by atoms with Gasteiger partial charge in [-0.2, -0.15) is 5.26 Å². The van der Waals surface area contributed by atoms with Gasteiger partial charge in [0.25, 0.3) is 0 Å². The molecule has 1 unspecified atom stereocenters. The number of nitrogens with zero attached hydrogens (tertiary/aromatic N) is 1. The molecule has 1 atom stereocenters. The quantitative estimate of drug-likeness (QED) is 0.749. The summed E-state index contributed by atoms with van der Waals surface area (Å²) in [7, 11) is 3.03.